The van der Waals surface area contributed by atoms with Gasteiger partial charge in [-0.25, -0.2) is 0 Å². The predicted molar refractivity (Wildman–Crippen MR) is 106 cm³/mol. The van der Waals surface area contributed by atoms with Gasteiger partial charge in [0.05, 0.1) is 4.92 Å². The van der Waals surface area contributed by atoms with Crippen LogP contribution in [0.4, 0.5) is 23.3 Å². The number of para-hydroxylation sites is 1. The SMILES string of the molecule is CCc1ccccc1Nc1nc(N)nc(COc2ccc(Cl)cc2[N+](=O)[O-])n1. The van der Waals surface area contributed by atoms with Crippen molar-refractivity contribution >= 4 is 34.9 Å². The van der Waals surface area contributed by atoms with E-state index in [-0.39, 0.29) is 40.8 Å². The van der Waals surface area contributed by atoms with E-state index < -0.39 is 4.92 Å². The molecule has 0 spiro atoms. The lowest BCUT2D eigenvalue weighted by molar-refractivity contribution is -0.385. The molecular weight excluding hydrogens is 384 g/mol. The Bertz CT molecular complexity index is 1010. The number of hydrogen-bond acceptors (Lipinski definition) is 8. The quantitative estimate of drug-likeness (QED) is 0.451. The van der Waals surface area contributed by atoms with E-state index in [1.807, 2.05) is 31.2 Å². The van der Waals surface area contributed by atoms with Crippen molar-refractivity contribution < 1.29 is 9.66 Å². The summed E-state index contributed by atoms with van der Waals surface area (Å²) in [4.78, 5) is 23.0. The van der Waals surface area contributed by atoms with Gasteiger partial charge in [0.2, 0.25) is 11.9 Å². The van der Waals surface area contributed by atoms with Crippen molar-refractivity contribution in [2.45, 2.75) is 20.0 Å². The summed E-state index contributed by atoms with van der Waals surface area (Å²) in [6, 6.07) is 11.9. The summed E-state index contributed by atoms with van der Waals surface area (Å²) in [7, 11) is 0. The smallest absolute Gasteiger partial charge is 0.312 e. The number of anilines is 3. The number of benzene rings is 2. The molecule has 10 heteroatoms. The fraction of sp³-hybridized carbons (Fsp3) is 0.167. The van der Waals surface area contributed by atoms with Gasteiger partial charge in [0.15, 0.2) is 11.6 Å². The van der Waals surface area contributed by atoms with Gasteiger partial charge >= 0.3 is 5.69 Å². The Labute approximate surface area is 165 Å². The van der Waals surface area contributed by atoms with Crippen LogP contribution in [0.25, 0.3) is 0 Å². The number of nitrogens with two attached hydrogens (primary N) is 1. The van der Waals surface area contributed by atoms with Gasteiger partial charge in [0.25, 0.3) is 0 Å². The molecule has 0 saturated carbocycles. The minimum Gasteiger partial charge on any atom is -0.479 e. The van der Waals surface area contributed by atoms with Gasteiger partial charge in [-0.2, -0.15) is 15.0 Å². The molecule has 0 fully saturated rings. The molecule has 0 saturated heterocycles. The molecule has 0 atom stereocenters. The van der Waals surface area contributed by atoms with Gasteiger partial charge in [-0.15, -0.1) is 0 Å². The van der Waals surface area contributed by atoms with Gasteiger partial charge in [-0.3, -0.25) is 10.1 Å². The summed E-state index contributed by atoms with van der Waals surface area (Å²) < 4.78 is 5.51. The number of nitro benzene ring substituents is 1. The lowest BCUT2D eigenvalue weighted by atomic mass is 10.1. The highest BCUT2D eigenvalue weighted by Crippen LogP contribution is 2.30. The monoisotopic (exact) mass is 400 g/mol. The van der Waals surface area contributed by atoms with Crippen molar-refractivity contribution in [3.8, 4) is 5.75 Å². The molecule has 3 N–H and O–H groups in total. The zero-order chi connectivity index (χ0) is 20.1. The first-order valence-electron chi connectivity index (χ1n) is 8.38. The third kappa shape index (κ3) is 4.63. The van der Waals surface area contributed by atoms with Crippen molar-refractivity contribution in [2.24, 2.45) is 0 Å². The molecule has 0 aliphatic rings. The van der Waals surface area contributed by atoms with Crippen molar-refractivity contribution in [3.63, 3.8) is 0 Å². The highest BCUT2D eigenvalue weighted by Gasteiger charge is 2.16. The van der Waals surface area contributed by atoms with E-state index in [4.69, 9.17) is 22.1 Å². The Kier molecular flexibility index (Phi) is 5.85. The number of halogens is 1. The molecule has 0 aliphatic heterocycles. The normalized spacial score (nSPS) is 10.5. The summed E-state index contributed by atoms with van der Waals surface area (Å²) >= 11 is 5.80. The highest BCUT2D eigenvalue weighted by atomic mass is 35.5. The van der Waals surface area contributed by atoms with E-state index in [0.29, 0.717) is 0 Å². The molecule has 28 heavy (non-hydrogen) atoms. The van der Waals surface area contributed by atoms with Crippen LogP contribution in [0.3, 0.4) is 0 Å². The summed E-state index contributed by atoms with van der Waals surface area (Å²) in [5.74, 6) is 0.556. The second-order valence-corrected chi connectivity index (χ2v) is 6.16. The average molecular weight is 401 g/mol. The van der Waals surface area contributed by atoms with Crippen LogP contribution in [0.5, 0.6) is 5.75 Å². The van der Waals surface area contributed by atoms with Gasteiger partial charge in [-0.05, 0) is 30.2 Å². The Morgan fingerprint density at radius 2 is 2.00 bits per heavy atom. The van der Waals surface area contributed by atoms with Crippen LogP contribution in [-0.4, -0.2) is 19.9 Å². The number of nitrogens with one attached hydrogen (secondary N) is 1. The Hall–Kier alpha value is -3.46. The van der Waals surface area contributed by atoms with Crippen LogP contribution in [0.2, 0.25) is 5.02 Å². The summed E-state index contributed by atoms with van der Waals surface area (Å²) in [6.45, 7) is 1.92. The van der Waals surface area contributed by atoms with E-state index in [9.17, 15) is 10.1 Å². The van der Waals surface area contributed by atoms with Crippen molar-refractivity contribution in [1.29, 1.82) is 0 Å². The van der Waals surface area contributed by atoms with Crippen molar-refractivity contribution in [1.82, 2.24) is 15.0 Å². The predicted octanol–water partition coefficient (Wildman–Crippen LogP) is 3.90. The first-order valence-corrected chi connectivity index (χ1v) is 8.76. The van der Waals surface area contributed by atoms with Crippen molar-refractivity contribution in [2.75, 3.05) is 11.1 Å². The van der Waals surface area contributed by atoms with Gasteiger partial charge < -0.3 is 15.8 Å². The molecule has 1 heterocycles. The maximum absolute atomic E-state index is 11.2. The molecule has 3 rings (SSSR count). The molecule has 0 aliphatic carbocycles. The van der Waals surface area contributed by atoms with Gasteiger partial charge in [0, 0.05) is 16.8 Å². The maximum atomic E-state index is 11.2. The van der Waals surface area contributed by atoms with E-state index in [1.54, 1.807) is 0 Å². The molecule has 1 aromatic heterocycles. The number of rotatable bonds is 7. The van der Waals surface area contributed by atoms with E-state index in [2.05, 4.69) is 20.3 Å². The molecule has 0 bridgehead atoms. The average Bonchev–Trinajstić information content (AvgIpc) is 2.67. The number of nitrogens with zero attached hydrogens (tertiary/aromatic N) is 4. The first-order chi connectivity index (χ1) is 13.5. The third-order valence-electron chi connectivity index (χ3n) is 3.82. The van der Waals surface area contributed by atoms with Crippen LogP contribution in [0.15, 0.2) is 42.5 Å². The third-order valence-corrected chi connectivity index (χ3v) is 4.05. The van der Waals surface area contributed by atoms with Crippen LogP contribution in [-0.2, 0) is 13.0 Å². The largest absolute Gasteiger partial charge is 0.479 e. The number of aromatic nitrogens is 3. The van der Waals surface area contributed by atoms with Crippen LogP contribution >= 0.6 is 11.6 Å². The van der Waals surface area contributed by atoms with Crippen molar-refractivity contribution in [3.05, 3.63) is 69.0 Å². The Morgan fingerprint density at radius 1 is 1.21 bits per heavy atom. The fourth-order valence-corrected chi connectivity index (χ4v) is 2.69. The van der Waals surface area contributed by atoms with Gasteiger partial charge in [-0.1, -0.05) is 36.7 Å². The number of aryl methyl sites for hydroxylation is 1. The topological polar surface area (TPSA) is 129 Å². The lowest BCUT2D eigenvalue weighted by Gasteiger charge is -2.11. The molecule has 2 aromatic carbocycles. The summed E-state index contributed by atoms with van der Waals surface area (Å²) in [5, 5.41) is 14.5. The first kappa shape index (κ1) is 19.3. The second-order valence-electron chi connectivity index (χ2n) is 5.73. The highest BCUT2D eigenvalue weighted by molar-refractivity contribution is 6.30. The molecule has 0 radical (unpaired) electrons. The van der Waals surface area contributed by atoms with E-state index in [0.717, 1.165) is 17.7 Å². The second kappa shape index (κ2) is 8.49. The van der Waals surface area contributed by atoms with Crippen LogP contribution in [0.1, 0.15) is 18.3 Å². The summed E-state index contributed by atoms with van der Waals surface area (Å²) in [5.41, 5.74) is 7.47. The Morgan fingerprint density at radius 3 is 2.75 bits per heavy atom. The van der Waals surface area contributed by atoms with Gasteiger partial charge in [0.1, 0.15) is 6.61 Å². The standard InChI is InChI=1S/C18H17ClN6O3/c1-2-11-5-3-4-6-13(11)21-18-23-16(22-17(20)24-18)10-28-15-8-7-12(19)9-14(15)25(26)27/h3-9H,2,10H2,1H3,(H3,20,21,22,23,24). The molecule has 144 valence electrons. The number of ether oxygens (including phenoxy) is 1. The zero-order valence-electron chi connectivity index (χ0n) is 14.9. The van der Waals surface area contributed by atoms with E-state index >= 15 is 0 Å². The van der Waals surface area contributed by atoms with Crippen LogP contribution < -0.4 is 15.8 Å². The number of hydrogen-bond donors (Lipinski definition) is 2. The summed E-state index contributed by atoms with van der Waals surface area (Å²) in [6.07, 6.45) is 0.833. The minimum atomic E-state index is -0.572. The number of nitro groups is 1. The Balaban J connectivity index is 1.80. The molecule has 9 nitrogen and oxygen atoms in total. The molecular formula is C18H17ClN6O3. The lowest BCUT2D eigenvalue weighted by Crippen LogP contribution is -2.10. The molecule has 3 aromatic rings. The fourth-order valence-electron chi connectivity index (χ4n) is 2.53. The maximum Gasteiger partial charge on any atom is 0.312 e. The number of nitrogen functional groups attached to an aromatic ring is 1. The van der Waals surface area contributed by atoms with E-state index in [1.165, 1.54) is 18.2 Å². The zero-order valence-corrected chi connectivity index (χ0v) is 15.7. The molecule has 0 unspecified atom stereocenters. The molecule has 0 amide bonds. The minimum absolute atomic E-state index is 0.00989. The van der Waals surface area contributed by atoms with Crippen LogP contribution in [0, 0.1) is 10.1 Å².